The van der Waals surface area contributed by atoms with Crippen LogP contribution >= 0.6 is 0 Å². The van der Waals surface area contributed by atoms with Gasteiger partial charge in [0.1, 0.15) is 11.3 Å². The summed E-state index contributed by atoms with van der Waals surface area (Å²) in [6, 6.07) is 9.71. The summed E-state index contributed by atoms with van der Waals surface area (Å²) in [4.78, 5) is 13.8. The third-order valence-electron chi connectivity index (χ3n) is 2.99. The minimum absolute atomic E-state index is 0.0315. The van der Waals surface area contributed by atoms with E-state index in [1.165, 1.54) is 0 Å². The summed E-state index contributed by atoms with van der Waals surface area (Å²) in [5.74, 6) is 0.655. The highest BCUT2D eigenvalue weighted by Crippen LogP contribution is 2.19. The van der Waals surface area contributed by atoms with Crippen LogP contribution in [0.4, 0.5) is 0 Å². The fourth-order valence-electron chi connectivity index (χ4n) is 2.01. The lowest BCUT2D eigenvalue weighted by molar-refractivity contribution is -0.125. The first-order valence-electron chi connectivity index (χ1n) is 6.70. The second-order valence-corrected chi connectivity index (χ2v) is 4.83. The molecule has 0 aliphatic carbocycles. The number of amides is 1. The summed E-state index contributed by atoms with van der Waals surface area (Å²) in [6.07, 6.45) is 3.26. The van der Waals surface area contributed by atoms with Crippen molar-refractivity contribution in [2.24, 2.45) is 0 Å². The Morgan fingerprint density at radius 2 is 2.15 bits per heavy atom. The Balaban J connectivity index is 2.11. The quantitative estimate of drug-likeness (QED) is 0.610. The molecule has 0 saturated carbocycles. The van der Waals surface area contributed by atoms with Crippen LogP contribution in [0.15, 0.2) is 53.0 Å². The molecule has 3 heteroatoms. The predicted molar refractivity (Wildman–Crippen MR) is 82.3 cm³/mol. The summed E-state index contributed by atoms with van der Waals surface area (Å²) in [7, 11) is 0. The maximum Gasteiger partial charge on any atom is 0.246 e. The third-order valence-corrected chi connectivity index (χ3v) is 2.99. The molecule has 0 aliphatic rings. The van der Waals surface area contributed by atoms with Crippen molar-refractivity contribution >= 4 is 23.0 Å². The molecule has 0 bridgehead atoms. The molecule has 3 nitrogen and oxygen atoms in total. The van der Waals surface area contributed by atoms with Crippen molar-refractivity contribution in [1.29, 1.82) is 0 Å². The summed E-state index contributed by atoms with van der Waals surface area (Å²) < 4.78 is 5.64. The van der Waals surface area contributed by atoms with Crippen molar-refractivity contribution in [2.75, 3.05) is 13.1 Å². The number of para-hydroxylation sites is 1. The zero-order valence-corrected chi connectivity index (χ0v) is 11.9. The topological polar surface area (TPSA) is 33.5 Å². The molecule has 1 aromatic heterocycles. The normalized spacial score (nSPS) is 11.1. The number of nitrogens with zero attached hydrogens (tertiary/aromatic N) is 1. The van der Waals surface area contributed by atoms with Gasteiger partial charge in [0.25, 0.3) is 0 Å². The van der Waals surface area contributed by atoms with E-state index in [-0.39, 0.29) is 5.91 Å². The van der Waals surface area contributed by atoms with Crippen LogP contribution < -0.4 is 0 Å². The number of furan rings is 1. The van der Waals surface area contributed by atoms with Crippen molar-refractivity contribution in [1.82, 2.24) is 4.90 Å². The number of hydrogen-bond donors (Lipinski definition) is 0. The van der Waals surface area contributed by atoms with Gasteiger partial charge in [-0.25, -0.2) is 0 Å². The first kappa shape index (κ1) is 14.1. The Hall–Kier alpha value is -2.29. The largest absolute Gasteiger partial charge is 0.457 e. The summed E-state index contributed by atoms with van der Waals surface area (Å²) in [5.41, 5.74) is 1.80. The Kier molecular flexibility index (Phi) is 4.41. The molecular weight excluding hydrogens is 250 g/mol. The molecule has 0 N–H and O–H groups in total. The molecule has 0 fully saturated rings. The lowest BCUT2D eigenvalue weighted by Crippen LogP contribution is -2.30. The molecule has 104 valence electrons. The van der Waals surface area contributed by atoms with Crippen molar-refractivity contribution in [3.8, 4) is 0 Å². The summed E-state index contributed by atoms with van der Waals surface area (Å²) >= 11 is 0. The molecule has 0 radical (unpaired) electrons. The number of fused-ring (bicyclic) bond motifs is 1. The molecule has 0 saturated heterocycles. The molecule has 2 aromatic rings. The van der Waals surface area contributed by atoms with Crippen LogP contribution in [0.5, 0.6) is 0 Å². The van der Waals surface area contributed by atoms with Crippen LogP contribution in [-0.2, 0) is 4.79 Å². The fraction of sp³-hybridized carbons (Fsp3) is 0.235. The Bertz CT molecular complexity index is 619. The number of hydrogen-bond acceptors (Lipinski definition) is 2. The molecule has 0 spiro atoms. The van der Waals surface area contributed by atoms with Crippen LogP contribution in [0.3, 0.4) is 0 Å². The van der Waals surface area contributed by atoms with Crippen molar-refractivity contribution < 1.29 is 9.21 Å². The van der Waals surface area contributed by atoms with Crippen molar-refractivity contribution in [3.63, 3.8) is 0 Å². The van der Waals surface area contributed by atoms with Gasteiger partial charge >= 0.3 is 0 Å². The first-order chi connectivity index (χ1) is 9.60. The fourth-order valence-corrected chi connectivity index (χ4v) is 2.01. The van der Waals surface area contributed by atoms with E-state index in [4.69, 9.17) is 4.42 Å². The van der Waals surface area contributed by atoms with E-state index in [1.807, 2.05) is 44.2 Å². The average molecular weight is 269 g/mol. The third kappa shape index (κ3) is 3.38. The van der Waals surface area contributed by atoms with E-state index >= 15 is 0 Å². The number of rotatable bonds is 5. The monoisotopic (exact) mass is 269 g/mol. The number of benzene rings is 1. The molecule has 20 heavy (non-hydrogen) atoms. The Morgan fingerprint density at radius 3 is 2.80 bits per heavy atom. The molecule has 1 amide bonds. The van der Waals surface area contributed by atoms with E-state index in [9.17, 15) is 4.79 Å². The SMILES string of the molecule is C=C(C)CN(CC)C(=O)/C=C/c1cc2ccccc2o1. The average Bonchev–Trinajstić information content (AvgIpc) is 2.84. The molecular formula is C17H19NO2. The summed E-state index contributed by atoms with van der Waals surface area (Å²) in [5, 5.41) is 1.04. The number of carbonyl (C=O) groups excluding carboxylic acids is 1. The maximum absolute atomic E-state index is 12.1. The van der Waals surface area contributed by atoms with E-state index in [0.717, 1.165) is 16.5 Å². The lowest BCUT2D eigenvalue weighted by atomic mass is 10.2. The summed E-state index contributed by atoms with van der Waals surface area (Å²) in [6.45, 7) is 8.95. The smallest absolute Gasteiger partial charge is 0.246 e. The molecule has 0 atom stereocenters. The van der Waals surface area contributed by atoms with Crippen LogP contribution in [0.25, 0.3) is 17.0 Å². The van der Waals surface area contributed by atoms with E-state index in [1.54, 1.807) is 17.1 Å². The molecule has 0 aliphatic heterocycles. The van der Waals surface area contributed by atoms with Gasteiger partial charge in [-0.3, -0.25) is 4.79 Å². The van der Waals surface area contributed by atoms with Crippen LogP contribution in [-0.4, -0.2) is 23.9 Å². The van der Waals surface area contributed by atoms with Gasteiger partial charge in [-0.1, -0.05) is 30.4 Å². The van der Waals surface area contributed by atoms with Crippen molar-refractivity contribution in [2.45, 2.75) is 13.8 Å². The lowest BCUT2D eigenvalue weighted by Gasteiger charge is -2.18. The highest BCUT2D eigenvalue weighted by atomic mass is 16.3. The highest BCUT2D eigenvalue weighted by molar-refractivity contribution is 5.92. The van der Waals surface area contributed by atoms with Crippen LogP contribution in [0.1, 0.15) is 19.6 Å². The van der Waals surface area contributed by atoms with Crippen LogP contribution in [0.2, 0.25) is 0 Å². The van der Waals surface area contributed by atoms with Gasteiger partial charge < -0.3 is 9.32 Å². The zero-order valence-electron chi connectivity index (χ0n) is 11.9. The van der Waals surface area contributed by atoms with Gasteiger partial charge in [0, 0.05) is 24.6 Å². The van der Waals surface area contributed by atoms with Gasteiger partial charge in [-0.2, -0.15) is 0 Å². The number of carbonyl (C=O) groups is 1. The molecule has 1 heterocycles. The number of likely N-dealkylation sites (N-methyl/N-ethyl adjacent to an activating group) is 1. The predicted octanol–water partition coefficient (Wildman–Crippen LogP) is 3.87. The van der Waals surface area contributed by atoms with E-state index in [2.05, 4.69) is 6.58 Å². The van der Waals surface area contributed by atoms with Crippen LogP contribution in [0, 0.1) is 0 Å². The van der Waals surface area contributed by atoms with Gasteiger partial charge in [-0.05, 0) is 32.1 Å². The zero-order chi connectivity index (χ0) is 14.5. The minimum atomic E-state index is -0.0315. The highest BCUT2D eigenvalue weighted by Gasteiger charge is 2.08. The van der Waals surface area contributed by atoms with Gasteiger partial charge in [0.2, 0.25) is 5.91 Å². The first-order valence-corrected chi connectivity index (χ1v) is 6.70. The van der Waals surface area contributed by atoms with Gasteiger partial charge in [-0.15, -0.1) is 0 Å². The maximum atomic E-state index is 12.1. The molecule has 1 aromatic carbocycles. The standard InChI is InChI=1S/C17H19NO2/c1-4-18(12-13(2)3)17(19)10-9-15-11-14-7-5-6-8-16(14)20-15/h5-11H,2,4,12H2,1,3H3/b10-9+. The van der Waals surface area contributed by atoms with Crippen molar-refractivity contribution in [3.05, 3.63) is 54.3 Å². The molecule has 2 rings (SSSR count). The molecule has 0 unspecified atom stereocenters. The second-order valence-electron chi connectivity index (χ2n) is 4.83. The minimum Gasteiger partial charge on any atom is -0.457 e. The Morgan fingerprint density at radius 1 is 1.40 bits per heavy atom. The van der Waals surface area contributed by atoms with E-state index < -0.39 is 0 Å². The van der Waals surface area contributed by atoms with E-state index in [0.29, 0.717) is 18.8 Å². The van der Waals surface area contributed by atoms with Gasteiger partial charge in [0.15, 0.2) is 0 Å². The van der Waals surface area contributed by atoms with Gasteiger partial charge in [0.05, 0.1) is 0 Å². The second kappa shape index (κ2) is 6.24. The Labute approximate surface area is 119 Å².